The Labute approximate surface area is 148 Å². The van der Waals surface area contributed by atoms with E-state index < -0.39 is 6.36 Å². The lowest BCUT2D eigenvalue weighted by Gasteiger charge is -2.12. The minimum absolute atomic E-state index is 0.293. The van der Waals surface area contributed by atoms with Gasteiger partial charge in [-0.15, -0.1) is 13.2 Å². The van der Waals surface area contributed by atoms with E-state index in [1.165, 1.54) is 18.2 Å². The molecule has 0 aromatic heterocycles. The van der Waals surface area contributed by atoms with Crippen molar-refractivity contribution in [2.24, 2.45) is 0 Å². The Morgan fingerprint density at radius 2 is 1.58 bits per heavy atom. The molecule has 0 radical (unpaired) electrons. The second-order valence-electron chi connectivity index (χ2n) is 5.60. The Bertz CT molecular complexity index is 880. The average Bonchev–Trinajstić information content (AvgIpc) is 2.60. The molecule has 0 fully saturated rings. The van der Waals surface area contributed by atoms with Gasteiger partial charge in [0.1, 0.15) is 18.1 Å². The molecular formula is C20H16F3NO2. The largest absolute Gasteiger partial charge is 0.573 e. The summed E-state index contributed by atoms with van der Waals surface area (Å²) in [6.07, 6.45) is -4.74. The third-order valence-electron chi connectivity index (χ3n) is 3.65. The molecule has 0 heterocycles. The molecule has 0 aliphatic carbocycles. The number of nitrogen functional groups attached to an aromatic ring is 1. The minimum atomic E-state index is -4.74. The van der Waals surface area contributed by atoms with Gasteiger partial charge in [0.2, 0.25) is 0 Å². The third kappa shape index (κ3) is 4.69. The minimum Gasteiger partial charge on any atom is -0.489 e. The van der Waals surface area contributed by atoms with E-state index in [1.54, 1.807) is 24.3 Å². The highest BCUT2D eigenvalue weighted by molar-refractivity contribution is 5.78. The van der Waals surface area contributed by atoms with Crippen molar-refractivity contribution in [2.75, 3.05) is 5.73 Å². The standard InChI is InChI=1S/C20H16F3NO2/c21-20(22,23)26-17-8-4-7-15(11-17)18-10-9-16(12-19(18)24)25-13-14-5-2-1-3-6-14/h1-12H,13,24H2. The molecule has 0 saturated carbocycles. The molecule has 0 bridgehead atoms. The molecule has 6 heteroatoms. The van der Waals surface area contributed by atoms with Crippen LogP contribution >= 0.6 is 0 Å². The van der Waals surface area contributed by atoms with Gasteiger partial charge in [-0.2, -0.15) is 0 Å². The Balaban J connectivity index is 1.76. The van der Waals surface area contributed by atoms with Gasteiger partial charge in [0.15, 0.2) is 0 Å². The predicted molar refractivity (Wildman–Crippen MR) is 93.7 cm³/mol. The number of hydrogen-bond donors (Lipinski definition) is 1. The van der Waals surface area contributed by atoms with E-state index in [9.17, 15) is 13.2 Å². The summed E-state index contributed by atoms with van der Waals surface area (Å²) in [4.78, 5) is 0. The molecule has 26 heavy (non-hydrogen) atoms. The van der Waals surface area contributed by atoms with Crippen LogP contribution in [0.1, 0.15) is 5.56 Å². The molecule has 0 spiro atoms. The fraction of sp³-hybridized carbons (Fsp3) is 0.100. The lowest BCUT2D eigenvalue weighted by molar-refractivity contribution is -0.274. The van der Waals surface area contributed by atoms with Crippen LogP contribution in [0.2, 0.25) is 0 Å². The van der Waals surface area contributed by atoms with Gasteiger partial charge in [-0.1, -0.05) is 42.5 Å². The summed E-state index contributed by atoms with van der Waals surface area (Å²) in [6, 6.07) is 20.4. The molecule has 0 atom stereocenters. The van der Waals surface area contributed by atoms with Crippen LogP contribution in [0.4, 0.5) is 18.9 Å². The lowest BCUT2D eigenvalue weighted by Crippen LogP contribution is -2.17. The number of alkyl halides is 3. The van der Waals surface area contributed by atoms with Crippen LogP contribution in [0.5, 0.6) is 11.5 Å². The zero-order valence-corrected chi connectivity index (χ0v) is 13.7. The number of nitrogens with two attached hydrogens (primary N) is 1. The van der Waals surface area contributed by atoms with Crippen LogP contribution < -0.4 is 15.2 Å². The van der Waals surface area contributed by atoms with E-state index in [1.807, 2.05) is 30.3 Å². The van der Waals surface area contributed by atoms with Crippen molar-refractivity contribution < 1.29 is 22.6 Å². The first kappa shape index (κ1) is 17.7. The van der Waals surface area contributed by atoms with E-state index in [2.05, 4.69) is 4.74 Å². The smallest absolute Gasteiger partial charge is 0.489 e. The Hall–Kier alpha value is -3.15. The van der Waals surface area contributed by atoms with Gasteiger partial charge in [0.25, 0.3) is 0 Å². The number of benzene rings is 3. The summed E-state index contributed by atoms with van der Waals surface area (Å²) >= 11 is 0. The summed E-state index contributed by atoms with van der Waals surface area (Å²) in [6.45, 7) is 0.397. The maximum absolute atomic E-state index is 12.4. The monoisotopic (exact) mass is 359 g/mol. The van der Waals surface area contributed by atoms with Crippen molar-refractivity contribution in [3.8, 4) is 22.6 Å². The van der Waals surface area contributed by atoms with Crippen molar-refractivity contribution in [2.45, 2.75) is 13.0 Å². The van der Waals surface area contributed by atoms with Crippen molar-refractivity contribution in [3.05, 3.63) is 78.4 Å². The maximum Gasteiger partial charge on any atom is 0.573 e. The first-order valence-corrected chi connectivity index (χ1v) is 7.83. The second-order valence-corrected chi connectivity index (χ2v) is 5.60. The van der Waals surface area contributed by atoms with E-state index in [0.29, 0.717) is 29.2 Å². The quantitative estimate of drug-likeness (QED) is 0.619. The van der Waals surface area contributed by atoms with Gasteiger partial charge in [0, 0.05) is 17.3 Å². The van der Waals surface area contributed by atoms with Crippen LogP contribution in [-0.2, 0) is 6.61 Å². The average molecular weight is 359 g/mol. The first-order valence-electron chi connectivity index (χ1n) is 7.83. The Morgan fingerprint density at radius 3 is 2.27 bits per heavy atom. The highest BCUT2D eigenvalue weighted by Crippen LogP contribution is 2.33. The zero-order valence-electron chi connectivity index (χ0n) is 13.7. The molecule has 3 aromatic rings. The first-order chi connectivity index (χ1) is 12.4. The number of rotatable bonds is 5. The second kappa shape index (κ2) is 7.39. The summed E-state index contributed by atoms with van der Waals surface area (Å²) in [7, 11) is 0. The summed E-state index contributed by atoms with van der Waals surface area (Å²) in [5.74, 6) is 0.289. The van der Waals surface area contributed by atoms with Gasteiger partial charge in [-0.3, -0.25) is 0 Å². The Kier molecular flexibility index (Phi) is 5.02. The van der Waals surface area contributed by atoms with Crippen LogP contribution in [-0.4, -0.2) is 6.36 Å². The molecular weight excluding hydrogens is 343 g/mol. The van der Waals surface area contributed by atoms with Gasteiger partial charge in [-0.05, 0) is 35.4 Å². The zero-order chi connectivity index (χ0) is 18.6. The molecule has 0 saturated heterocycles. The van der Waals surface area contributed by atoms with Gasteiger partial charge < -0.3 is 15.2 Å². The molecule has 0 unspecified atom stereocenters. The molecule has 3 aromatic carbocycles. The molecule has 0 amide bonds. The number of halogens is 3. The van der Waals surface area contributed by atoms with E-state index >= 15 is 0 Å². The lowest BCUT2D eigenvalue weighted by atomic mass is 10.0. The SMILES string of the molecule is Nc1cc(OCc2ccccc2)ccc1-c1cccc(OC(F)(F)F)c1. The van der Waals surface area contributed by atoms with Gasteiger partial charge >= 0.3 is 6.36 Å². The summed E-state index contributed by atoms with van der Waals surface area (Å²) in [5.41, 5.74) is 8.61. The topological polar surface area (TPSA) is 44.5 Å². The normalized spacial score (nSPS) is 11.2. The van der Waals surface area contributed by atoms with Crippen molar-refractivity contribution in [3.63, 3.8) is 0 Å². The fourth-order valence-corrected chi connectivity index (χ4v) is 2.50. The Morgan fingerprint density at radius 1 is 0.808 bits per heavy atom. The fourth-order valence-electron chi connectivity index (χ4n) is 2.50. The number of hydrogen-bond acceptors (Lipinski definition) is 3. The van der Waals surface area contributed by atoms with Crippen LogP contribution in [0.15, 0.2) is 72.8 Å². The highest BCUT2D eigenvalue weighted by Gasteiger charge is 2.31. The van der Waals surface area contributed by atoms with Crippen LogP contribution in [0.25, 0.3) is 11.1 Å². The van der Waals surface area contributed by atoms with Gasteiger partial charge in [0.05, 0.1) is 0 Å². The number of anilines is 1. The van der Waals surface area contributed by atoms with Crippen molar-refractivity contribution >= 4 is 5.69 Å². The molecule has 3 nitrogen and oxygen atoms in total. The predicted octanol–water partition coefficient (Wildman–Crippen LogP) is 5.41. The molecule has 0 aliphatic heterocycles. The van der Waals surface area contributed by atoms with Crippen LogP contribution in [0.3, 0.4) is 0 Å². The van der Waals surface area contributed by atoms with E-state index in [0.717, 1.165) is 5.56 Å². The maximum atomic E-state index is 12.4. The summed E-state index contributed by atoms with van der Waals surface area (Å²) < 4.78 is 46.8. The van der Waals surface area contributed by atoms with E-state index in [-0.39, 0.29) is 5.75 Å². The van der Waals surface area contributed by atoms with Gasteiger partial charge in [-0.25, -0.2) is 0 Å². The highest BCUT2D eigenvalue weighted by atomic mass is 19.4. The molecule has 0 aliphatic rings. The number of ether oxygens (including phenoxy) is 2. The van der Waals surface area contributed by atoms with Crippen LogP contribution in [0, 0.1) is 0 Å². The molecule has 2 N–H and O–H groups in total. The molecule has 3 rings (SSSR count). The van der Waals surface area contributed by atoms with Crippen molar-refractivity contribution in [1.29, 1.82) is 0 Å². The summed E-state index contributed by atoms with van der Waals surface area (Å²) in [5, 5.41) is 0. The molecule has 134 valence electrons. The van der Waals surface area contributed by atoms with E-state index in [4.69, 9.17) is 10.5 Å². The van der Waals surface area contributed by atoms with Crippen molar-refractivity contribution in [1.82, 2.24) is 0 Å². The third-order valence-corrected chi connectivity index (χ3v) is 3.65.